The van der Waals surface area contributed by atoms with Gasteiger partial charge in [0.05, 0.1) is 5.69 Å². The van der Waals surface area contributed by atoms with Crippen LogP contribution in [0.2, 0.25) is 0 Å². The van der Waals surface area contributed by atoms with Gasteiger partial charge in [-0.1, -0.05) is 0 Å². The van der Waals surface area contributed by atoms with E-state index in [4.69, 9.17) is 0 Å². The fourth-order valence-electron chi connectivity index (χ4n) is 2.43. The summed E-state index contributed by atoms with van der Waals surface area (Å²) in [6, 6.07) is 3.45. The molecule has 4 heterocycles. The molecule has 1 aromatic heterocycles. The lowest BCUT2D eigenvalue weighted by molar-refractivity contribution is 0.225. The van der Waals surface area contributed by atoms with Crippen LogP contribution in [0.15, 0.2) is 12.3 Å². The molecular formula is C11H14N3. The Hall–Kier alpha value is -1.09. The molecule has 1 radical (unpaired) electrons. The number of hydrogen-bond acceptors (Lipinski definition) is 3. The largest absolute Gasteiger partial charge is 0.366 e. The summed E-state index contributed by atoms with van der Waals surface area (Å²) in [4.78, 5) is 6.47. The maximum atomic E-state index is 4.07. The number of hydrogen-bond donors (Lipinski definition) is 1. The molecule has 1 N–H and O–H groups in total. The van der Waals surface area contributed by atoms with Gasteiger partial charge in [0, 0.05) is 31.4 Å². The van der Waals surface area contributed by atoms with Crippen molar-refractivity contribution in [1.29, 1.82) is 0 Å². The Morgan fingerprint density at radius 1 is 1.50 bits per heavy atom. The lowest BCUT2D eigenvalue weighted by atomic mass is 9.91. The number of piperidine rings is 1. The van der Waals surface area contributed by atoms with Crippen LogP contribution in [0.5, 0.6) is 0 Å². The third kappa shape index (κ3) is 1.20. The highest BCUT2D eigenvalue weighted by atomic mass is 15.3. The van der Waals surface area contributed by atoms with Crippen molar-refractivity contribution >= 4 is 5.69 Å². The second-order valence-electron chi connectivity index (χ2n) is 4.29. The van der Waals surface area contributed by atoms with Crippen molar-refractivity contribution in [3.05, 3.63) is 24.0 Å². The standard InChI is InChI=1S/C11H14N3/c1-8-2-3-12-5-11(8)14-6-9-4-10(7-14)13-9/h2-3,9-10,13H,4,6-7H2,1H3. The molecule has 0 aromatic carbocycles. The first-order chi connectivity index (χ1) is 6.83. The van der Waals surface area contributed by atoms with Crippen molar-refractivity contribution in [3.63, 3.8) is 0 Å². The van der Waals surface area contributed by atoms with Crippen molar-refractivity contribution in [3.8, 4) is 0 Å². The van der Waals surface area contributed by atoms with Crippen molar-refractivity contribution in [2.75, 3.05) is 18.0 Å². The third-order valence-electron chi connectivity index (χ3n) is 3.18. The van der Waals surface area contributed by atoms with Gasteiger partial charge in [0.1, 0.15) is 6.20 Å². The summed E-state index contributed by atoms with van der Waals surface area (Å²) in [5, 5.41) is 3.52. The molecule has 2 bridgehead atoms. The maximum absolute atomic E-state index is 4.07. The highest BCUT2D eigenvalue weighted by Crippen LogP contribution is 2.27. The average Bonchev–Trinajstić information content (AvgIpc) is 2.17. The van der Waals surface area contributed by atoms with Crippen LogP contribution in [0.1, 0.15) is 12.0 Å². The molecule has 3 fully saturated rings. The van der Waals surface area contributed by atoms with Gasteiger partial charge < -0.3 is 10.2 Å². The summed E-state index contributed by atoms with van der Waals surface area (Å²) in [5.41, 5.74) is 2.46. The first-order valence-electron chi connectivity index (χ1n) is 5.17. The van der Waals surface area contributed by atoms with Gasteiger partial charge in [-0.2, -0.15) is 0 Å². The zero-order chi connectivity index (χ0) is 9.54. The fraction of sp³-hybridized carbons (Fsp3) is 0.545. The van der Waals surface area contributed by atoms with E-state index in [9.17, 15) is 0 Å². The van der Waals surface area contributed by atoms with Gasteiger partial charge in [0.2, 0.25) is 0 Å². The molecule has 1 aromatic rings. The lowest BCUT2D eigenvalue weighted by Crippen LogP contribution is -2.67. The third-order valence-corrected chi connectivity index (χ3v) is 3.18. The number of piperazine rings is 1. The van der Waals surface area contributed by atoms with E-state index in [-0.39, 0.29) is 0 Å². The van der Waals surface area contributed by atoms with Crippen molar-refractivity contribution < 1.29 is 0 Å². The summed E-state index contributed by atoms with van der Waals surface area (Å²) < 4.78 is 0. The zero-order valence-electron chi connectivity index (χ0n) is 8.33. The second kappa shape index (κ2) is 2.95. The number of nitrogens with zero attached hydrogens (tertiary/aromatic N) is 2. The van der Waals surface area contributed by atoms with Gasteiger partial charge in [-0.15, -0.1) is 0 Å². The minimum absolute atomic E-state index is 0.696. The Morgan fingerprint density at radius 2 is 2.21 bits per heavy atom. The van der Waals surface area contributed by atoms with Crippen molar-refractivity contribution in [1.82, 2.24) is 10.3 Å². The number of pyridine rings is 1. The summed E-state index contributed by atoms with van der Waals surface area (Å²) in [6.45, 7) is 4.35. The van der Waals surface area contributed by atoms with Crippen LogP contribution < -0.4 is 10.2 Å². The van der Waals surface area contributed by atoms with Crippen LogP contribution >= 0.6 is 0 Å². The maximum Gasteiger partial charge on any atom is 0.114 e. The number of aryl methyl sites for hydroxylation is 1. The van der Waals surface area contributed by atoms with Gasteiger partial charge in [0.15, 0.2) is 0 Å². The van der Waals surface area contributed by atoms with Gasteiger partial charge in [-0.05, 0) is 25.0 Å². The van der Waals surface area contributed by atoms with Crippen LogP contribution in [0.4, 0.5) is 5.69 Å². The predicted molar refractivity (Wildman–Crippen MR) is 55.4 cm³/mol. The molecule has 3 heteroatoms. The molecule has 3 saturated heterocycles. The number of nitrogens with one attached hydrogen (secondary N) is 1. The van der Waals surface area contributed by atoms with Crippen LogP contribution in [0.3, 0.4) is 0 Å². The molecule has 2 atom stereocenters. The van der Waals surface area contributed by atoms with Crippen LogP contribution in [-0.4, -0.2) is 30.2 Å². The molecule has 0 saturated carbocycles. The van der Waals surface area contributed by atoms with E-state index in [0.29, 0.717) is 12.1 Å². The lowest BCUT2D eigenvalue weighted by Gasteiger charge is -2.49. The molecule has 3 aliphatic heterocycles. The van der Waals surface area contributed by atoms with E-state index in [1.165, 1.54) is 17.7 Å². The molecule has 0 spiro atoms. The Bertz CT molecular complexity index is 334. The molecule has 73 valence electrons. The van der Waals surface area contributed by atoms with E-state index >= 15 is 0 Å². The SMILES string of the molecule is Cc1ccn[c]c1N1CC2CC(C1)N2. The minimum Gasteiger partial charge on any atom is -0.366 e. The predicted octanol–water partition coefficient (Wildman–Crippen LogP) is 0.741. The highest BCUT2D eigenvalue weighted by molar-refractivity contribution is 5.51. The zero-order valence-corrected chi connectivity index (χ0v) is 8.33. The van der Waals surface area contributed by atoms with E-state index in [1.807, 2.05) is 6.20 Å². The molecule has 0 aliphatic carbocycles. The summed E-state index contributed by atoms with van der Waals surface area (Å²) in [6.07, 6.45) is 6.25. The first-order valence-corrected chi connectivity index (χ1v) is 5.17. The number of fused-ring (bicyclic) bond motifs is 2. The van der Waals surface area contributed by atoms with Crippen LogP contribution in [0, 0.1) is 13.1 Å². The number of rotatable bonds is 1. The average molecular weight is 188 g/mol. The Labute approximate surface area is 84.1 Å². The molecule has 2 unspecified atom stereocenters. The molecule has 3 aliphatic rings. The highest BCUT2D eigenvalue weighted by Gasteiger charge is 2.36. The number of anilines is 1. The Kier molecular flexibility index (Phi) is 1.74. The quantitative estimate of drug-likeness (QED) is 0.704. The van der Waals surface area contributed by atoms with E-state index in [0.717, 1.165) is 13.1 Å². The molecular weight excluding hydrogens is 174 g/mol. The first kappa shape index (κ1) is 8.24. The monoisotopic (exact) mass is 188 g/mol. The van der Waals surface area contributed by atoms with Crippen LogP contribution in [0.25, 0.3) is 0 Å². The van der Waals surface area contributed by atoms with Gasteiger partial charge in [-0.3, -0.25) is 4.98 Å². The Morgan fingerprint density at radius 3 is 2.86 bits per heavy atom. The van der Waals surface area contributed by atoms with Crippen molar-refractivity contribution in [2.24, 2.45) is 0 Å². The molecule has 0 amide bonds. The van der Waals surface area contributed by atoms with Crippen LogP contribution in [-0.2, 0) is 0 Å². The molecule has 3 nitrogen and oxygen atoms in total. The van der Waals surface area contributed by atoms with E-state index in [2.05, 4.69) is 34.4 Å². The smallest absolute Gasteiger partial charge is 0.114 e. The van der Waals surface area contributed by atoms with Gasteiger partial charge in [-0.25, -0.2) is 0 Å². The number of aromatic nitrogens is 1. The van der Waals surface area contributed by atoms with Crippen molar-refractivity contribution in [2.45, 2.75) is 25.4 Å². The summed E-state index contributed by atoms with van der Waals surface area (Å²) in [5.74, 6) is 0. The normalized spacial score (nSPS) is 29.9. The summed E-state index contributed by atoms with van der Waals surface area (Å²) >= 11 is 0. The summed E-state index contributed by atoms with van der Waals surface area (Å²) in [7, 11) is 0. The Balaban J connectivity index is 1.85. The van der Waals surface area contributed by atoms with Gasteiger partial charge in [0.25, 0.3) is 0 Å². The van der Waals surface area contributed by atoms with E-state index < -0.39 is 0 Å². The fourth-order valence-corrected chi connectivity index (χ4v) is 2.43. The van der Waals surface area contributed by atoms with Gasteiger partial charge >= 0.3 is 0 Å². The minimum atomic E-state index is 0.696. The second-order valence-corrected chi connectivity index (χ2v) is 4.29. The topological polar surface area (TPSA) is 28.2 Å². The molecule has 4 rings (SSSR count). The van der Waals surface area contributed by atoms with E-state index in [1.54, 1.807) is 0 Å². The molecule has 14 heavy (non-hydrogen) atoms.